The number of aliphatic carboxylic acids is 1. The third kappa shape index (κ3) is 3.57. The van der Waals surface area contributed by atoms with Crippen molar-refractivity contribution in [2.24, 2.45) is 0 Å². The molecule has 0 amide bonds. The van der Waals surface area contributed by atoms with E-state index in [4.69, 9.17) is 9.63 Å². The van der Waals surface area contributed by atoms with E-state index in [-0.39, 0.29) is 6.42 Å². The first-order valence-electron chi connectivity index (χ1n) is 6.38. The van der Waals surface area contributed by atoms with Gasteiger partial charge in [0.25, 0.3) is 0 Å². The molecule has 0 aliphatic heterocycles. The van der Waals surface area contributed by atoms with Crippen LogP contribution in [-0.4, -0.2) is 27.8 Å². The lowest BCUT2D eigenvalue weighted by molar-refractivity contribution is -0.136. The fraction of sp³-hybridized carbons (Fsp3) is 0.357. The summed E-state index contributed by atoms with van der Waals surface area (Å²) in [6.45, 7) is 4.54. The first-order valence-corrected chi connectivity index (χ1v) is 6.38. The summed E-state index contributed by atoms with van der Waals surface area (Å²) in [5.41, 5.74) is 2.06. The summed E-state index contributed by atoms with van der Waals surface area (Å²) in [4.78, 5) is 16.9. The predicted octanol–water partition coefficient (Wildman–Crippen LogP) is 2.17. The van der Waals surface area contributed by atoms with Crippen LogP contribution in [0.15, 0.2) is 28.8 Å². The van der Waals surface area contributed by atoms with E-state index in [0.717, 1.165) is 11.3 Å². The Morgan fingerprint density at radius 3 is 2.70 bits per heavy atom. The normalized spacial score (nSPS) is 10.5. The molecule has 1 aromatic carbocycles. The monoisotopic (exact) mass is 275 g/mol. The molecule has 2 aromatic rings. The molecular weight excluding hydrogens is 258 g/mol. The molecule has 1 N–H and O–H groups in total. The lowest BCUT2D eigenvalue weighted by atomic mass is 10.1. The second kappa shape index (κ2) is 6.18. The molecule has 0 saturated carbocycles. The summed E-state index contributed by atoms with van der Waals surface area (Å²) < 4.78 is 4.95. The van der Waals surface area contributed by atoms with Gasteiger partial charge in [0.05, 0.1) is 13.0 Å². The van der Waals surface area contributed by atoms with Gasteiger partial charge in [-0.15, -0.1) is 0 Å². The molecule has 0 unspecified atom stereocenters. The Balaban J connectivity index is 2.20. The molecule has 0 aliphatic rings. The third-order valence-electron chi connectivity index (χ3n) is 2.95. The van der Waals surface area contributed by atoms with E-state index in [2.05, 4.69) is 10.1 Å². The zero-order valence-electron chi connectivity index (χ0n) is 11.5. The van der Waals surface area contributed by atoms with Gasteiger partial charge in [-0.25, -0.2) is 0 Å². The molecule has 2 rings (SSSR count). The summed E-state index contributed by atoms with van der Waals surface area (Å²) in [6, 6.07) is 7.83. The maximum atomic E-state index is 10.8. The molecule has 20 heavy (non-hydrogen) atoms. The molecule has 6 nitrogen and oxygen atoms in total. The Hall–Kier alpha value is -2.37. The molecule has 1 aromatic heterocycles. The number of benzene rings is 1. The van der Waals surface area contributed by atoms with Crippen LogP contribution in [0.3, 0.4) is 0 Å². The molecule has 0 atom stereocenters. The number of anilines is 1. The SMILES string of the molecule is Cc1nc(CN(CCC(=O)O)c2ccccc2C)no1. The number of hydrogen-bond acceptors (Lipinski definition) is 5. The van der Waals surface area contributed by atoms with Crippen LogP contribution < -0.4 is 4.90 Å². The standard InChI is InChI=1S/C14H17N3O3/c1-10-5-3-4-6-12(10)17(8-7-14(18)19)9-13-15-11(2)20-16-13/h3-6H,7-9H2,1-2H3,(H,18,19). The minimum Gasteiger partial charge on any atom is -0.481 e. The molecule has 106 valence electrons. The zero-order chi connectivity index (χ0) is 14.5. The number of carboxylic acid groups (broad SMARTS) is 1. The Morgan fingerprint density at radius 2 is 2.10 bits per heavy atom. The molecule has 0 bridgehead atoms. The van der Waals surface area contributed by atoms with Crippen LogP contribution in [0, 0.1) is 13.8 Å². The highest BCUT2D eigenvalue weighted by Crippen LogP contribution is 2.21. The van der Waals surface area contributed by atoms with E-state index in [9.17, 15) is 4.79 Å². The second-order valence-electron chi connectivity index (χ2n) is 4.58. The molecule has 1 heterocycles. The van der Waals surface area contributed by atoms with Crippen molar-refractivity contribution in [3.8, 4) is 0 Å². The van der Waals surface area contributed by atoms with Crippen molar-refractivity contribution in [1.29, 1.82) is 0 Å². The molecule has 0 saturated heterocycles. The van der Waals surface area contributed by atoms with E-state index in [1.807, 2.05) is 36.1 Å². The number of aromatic nitrogens is 2. The van der Waals surface area contributed by atoms with Crippen LogP contribution in [0.5, 0.6) is 0 Å². The number of para-hydroxylation sites is 1. The number of aryl methyl sites for hydroxylation is 2. The molecule has 0 fully saturated rings. The summed E-state index contributed by atoms with van der Waals surface area (Å²) in [5, 5.41) is 12.7. The van der Waals surface area contributed by atoms with Gasteiger partial charge in [-0.1, -0.05) is 23.4 Å². The summed E-state index contributed by atoms with van der Waals surface area (Å²) >= 11 is 0. The minimum atomic E-state index is -0.826. The Bertz CT molecular complexity index is 595. The van der Waals surface area contributed by atoms with Gasteiger partial charge in [-0.2, -0.15) is 4.98 Å². The summed E-state index contributed by atoms with van der Waals surface area (Å²) in [5.74, 6) is 0.229. The minimum absolute atomic E-state index is 0.0607. The average Bonchev–Trinajstić information content (AvgIpc) is 2.81. The van der Waals surface area contributed by atoms with Gasteiger partial charge < -0.3 is 14.5 Å². The van der Waals surface area contributed by atoms with Crippen molar-refractivity contribution in [2.75, 3.05) is 11.4 Å². The van der Waals surface area contributed by atoms with E-state index >= 15 is 0 Å². The fourth-order valence-electron chi connectivity index (χ4n) is 2.01. The lowest BCUT2D eigenvalue weighted by Gasteiger charge is -2.24. The predicted molar refractivity (Wildman–Crippen MR) is 73.5 cm³/mol. The highest BCUT2D eigenvalue weighted by molar-refractivity contribution is 5.68. The molecule has 6 heteroatoms. The maximum Gasteiger partial charge on any atom is 0.305 e. The van der Waals surface area contributed by atoms with Crippen molar-refractivity contribution in [3.05, 3.63) is 41.5 Å². The van der Waals surface area contributed by atoms with E-state index in [0.29, 0.717) is 24.8 Å². The summed E-state index contributed by atoms with van der Waals surface area (Å²) in [6.07, 6.45) is 0.0607. The second-order valence-corrected chi connectivity index (χ2v) is 4.58. The first kappa shape index (κ1) is 14.0. The lowest BCUT2D eigenvalue weighted by Crippen LogP contribution is -2.27. The van der Waals surface area contributed by atoms with Crippen molar-refractivity contribution < 1.29 is 14.4 Å². The molecule has 0 aliphatic carbocycles. The summed E-state index contributed by atoms with van der Waals surface area (Å²) in [7, 11) is 0. The van der Waals surface area contributed by atoms with Gasteiger partial charge in [-0.3, -0.25) is 4.79 Å². The van der Waals surface area contributed by atoms with Crippen LogP contribution >= 0.6 is 0 Å². The van der Waals surface area contributed by atoms with Crippen LogP contribution in [0.4, 0.5) is 5.69 Å². The fourth-order valence-corrected chi connectivity index (χ4v) is 2.01. The van der Waals surface area contributed by atoms with Gasteiger partial charge in [-0.05, 0) is 18.6 Å². The van der Waals surface area contributed by atoms with Crippen LogP contribution in [0.1, 0.15) is 23.7 Å². The number of carbonyl (C=O) groups is 1. The Labute approximate surface area is 117 Å². The first-order chi connectivity index (χ1) is 9.56. The van der Waals surface area contributed by atoms with Crippen LogP contribution in [-0.2, 0) is 11.3 Å². The average molecular weight is 275 g/mol. The molecule has 0 spiro atoms. The Morgan fingerprint density at radius 1 is 1.35 bits per heavy atom. The number of rotatable bonds is 6. The zero-order valence-corrected chi connectivity index (χ0v) is 11.5. The van der Waals surface area contributed by atoms with E-state index < -0.39 is 5.97 Å². The Kier molecular flexibility index (Phi) is 4.34. The number of hydrogen-bond donors (Lipinski definition) is 1. The molecular formula is C14H17N3O3. The van der Waals surface area contributed by atoms with E-state index in [1.54, 1.807) is 6.92 Å². The largest absolute Gasteiger partial charge is 0.481 e. The third-order valence-corrected chi connectivity index (χ3v) is 2.95. The van der Waals surface area contributed by atoms with Gasteiger partial charge in [0, 0.05) is 19.2 Å². The molecule has 0 radical (unpaired) electrons. The number of carboxylic acids is 1. The maximum absolute atomic E-state index is 10.8. The van der Waals surface area contributed by atoms with E-state index in [1.165, 1.54) is 0 Å². The highest BCUT2D eigenvalue weighted by Gasteiger charge is 2.14. The van der Waals surface area contributed by atoms with Gasteiger partial charge in [0.1, 0.15) is 0 Å². The van der Waals surface area contributed by atoms with Crippen molar-refractivity contribution in [3.63, 3.8) is 0 Å². The van der Waals surface area contributed by atoms with Crippen LogP contribution in [0.2, 0.25) is 0 Å². The van der Waals surface area contributed by atoms with Crippen LogP contribution in [0.25, 0.3) is 0 Å². The van der Waals surface area contributed by atoms with Gasteiger partial charge >= 0.3 is 5.97 Å². The topological polar surface area (TPSA) is 79.5 Å². The van der Waals surface area contributed by atoms with Crippen molar-refractivity contribution in [1.82, 2.24) is 10.1 Å². The van der Waals surface area contributed by atoms with Gasteiger partial charge in [0.15, 0.2) is 5.82 Å². The number of nitrogens with zero attached hydrogens (tertiary/aromatic N) is 3. The highest BCUT2D eigenvalue weighted by atomic mass is 16.5. The van der Waals surface area contributed by atoms with Crippen molar-refractivity contribution >= 4 is 11.7 Å². The van der Waals surface area contributed by atoms with Gasteiger partial charge in [0.2, 0.25) is 5.89 Å². The quantitative estimate of drug-likeness (QED) is 0.870. The smallest absolute Gasteiger partial charge is 0.305 e. The van der Waals surface area contributed by atoms with Crippen molar-refractivity contribution in [2.45, 2.75) is 26.8 Å².